The fourth-order valence-corrected chi connectivity index (χ4v) is 3.54. The van der Waals surface area contributed by atoms with Crippen LogP contribution in [0.4, 0.5) is 5.82 Å². The minimum absolute atomic E-state index is 0.644. The number of para-hydroxylation sites is 1. The molecule has 2 atom stereocenters. The van der Waals surface area contributed by atoms with E-state index in [1.54, 1.807) is 6.33 Å². The zero-order valence-corrected chi connectivity index (χ0v) is 12.3. The summed E-state index contributed by atoms with van der Waals surface area (Å²) in [5.41, 5.74) is 0.988. The van der Waals surface area contributed by atoms with Crippen LogP contribution in [0.1, 0.15) is 25.7 Å². The fraction of sp³-hybridized carbons (Fsp3) is 0.500. The number of aromatic nitrogens is 2. The highest BCUT2D eigenvalue weighted by molar-refractivity contribution is 6.18. The number of hydrogen-bond acceptors (Lipinski definition) is 3. The fourth-order valence-electron chi connectivity index (χ4n) is 3.13. The topological polar surface area (TPSA) is 37.8 Å². The maximum absolute atomic E-state index is 6.10. The van der Waals surface area contributed by atoms with Gasteiger partial charge in [-0.2, -0.15) is 0 Å². The maximum Gasteiger partial charge on any atom is 0.137 e. The number of nitrogens with one attached hydrogen (secondary N) is 1. The number of anilines is 1. The molecule has 1 N–H and O–H groups in total. The van der Waals surface area contributed by atoms with Crippen molar-refractivity contribution in [2.24, 2.45) is 11.8 Å². The highest BCUT2D eigenvalue weighted by Crippen LogP contribution is 2.31. The van der Waals surface area contributed by atoms with E-state index < -0.39 is 0 Å². The Labute approximate surface area is 124 Å². The highest BCUT2D eigenvalue weighted by Gasteiger charge is 2.24. The quantitative estimate of drug-likeness (QED) is 0.862. The van der Waals surface area contributed by atoms with Crippen LogP contribution in [0.5, 0.6) is 0 Å². The number of fused-ring (bicyclic) bond motifs is 1. The largest absolute Gasteiger partial charge is 0.369 e. The molecule has 0 bridgehead atoms. The van der Waals surface area contributed by atoms with Crippen LogP contribution in [0.25, 0.3) is 10.9 Å². The third-order valence-electron chi connectivity index (χ3n) is 4.34. The van der Waals surface area contributed by atoms with Crippen LogP contribution in [-0.2, 0) is 0 Å². The van der Waals surface area contributed by atoms with Gasteiger partial charge in [0.25, 0.3) is 0 Å². The van der Waals surface area contributed by atoms with Crippen LogP contribution in [0, 0.1) is 11.8 Å². The molecule has 0 spiro atoms. The van der Waals surface area contributed by atoms with Crippen LogP contribution < -0.4 is 5.32 Å². The first kappa shape index (κ1) is 13.6. The van der Waals surface area contributed by atoms with Crippen LogP contribution in [0.2, 0.25) is 0 Å². The molecule has 1 aliphatic rings. The molecule has 3 nitrogen and oxygen atoms in total. The Bertz CT molecular complexity index is 567. The minimum Gasteiger partial charge on any atom is -0.369 e. The summed E-state index contributed by atoms with van der Waals surface area (Å²) in [6, 6.07) is 8.12. The molecule has 20 heavy (non-hydrogen) atoms. The van der Waals surface area contributed by atoms with Crippen LogP contribution in [-0.4, -0.2) is 22.4 Å². The Morgan fingerprint density at radius 2 is 1.90 bits per heavy atom. The predicted molar refractivity (Wildman–Crippen MR) is 84.2 cm³/mol. The van der Waals surface area contributed by atoms with Crippen molar-refractivity contribution < 1.29 is 0 Å². The van der Waals surface area contributed by atoms with E-state index in [0.29, 0.717) is 11.8 Å². The summed E-state index contributed by atoms with van der Waals surface area (Å²) < 4.78 is 0. The van der Waals surface area contributed by atoms with E-state index in [0.717, 1.165) is 29.1 Å². The van der Waals surface area contributed by atoms with Gasteiger partial charge in [-0.1, -0.05) is 25.0 Å². The van der Waals surface area contributed by atoms with Crippen molar-refractivity contribution in [1.29, 1.82) is 0 Å². The van der Waals surface area contributed by atoms with Crippen LogP contribution in [0.15, 0.2) is 30.6 Å². The molecule has 1 fully saturated rings. The molecule has 3 rings (SSSR count). The smallest absolute Gasteiger partial charge is 0.137 e. The second kappa shape index (κ2) is 6.40. The SMILES string of the molecule is ClCC1CCCCC1CNc1ncnc2ccccc12. The van der Waals surface area contributed by atoms with Gasteiger partial charge in [-0.25, -0.2) is 9.97 Å². The Kier molecular flexibility index (Phi) is 4.36. The number of benzene rings is 1. The summed E-state index contributed by atoms with van der Waals surface area (Å²) in [5.74, 6) is 3.02. The van der Waals surface area contributed by atoms with Gasteiger partial charge in [-0.3, -0.25) is 0 Å². The van der Waals surface area contributed by atoms with Gasteiger partial charge in [0.05, 0.1) is 5.52 Å². The first-order valence-corrected chi connectivity index (χ1v) is 7.91. The standard InChI is InChI=1S/C16H20ClN3/c17-9-12-5-1-2-6-13(12)10-18-16-14-7-3-4-8-15(14)19-11-20-16/h3-4,7-8,11-13H,1-2,5-6,9-10H2,(H,18,19,20). The molecule has 1 aromatic carbocycles. The molecule has 0 amide bonds. The van der Waals surface area contributed by atoms with Crippen molar-refractivity contribution in [2.45, 2.75) is 25.7 Å². The van der Waals surface area contributed by atoms with E-state index in [2.05, 4.69) is 21.4 Å². The van der Waals surface area contributed by atoms with E-state index in [9.17, 15) is 0 Å². The molecular weight excluding hydrogens is 270 g/mol. The molecule has 1 aromatic heterocycles. The van der Waals surface area contributed by atoms with Crippen molar-refractivity contribution in [3.05, 3.63) is 30.6 Å². The molecule has 106 valence electrons. The average Bonchev–Trinajstić information content (AvgIpc) is 2.53. The number of alkyl halides is 1. The molecular formula is C16H20ClN3. The van der Waals surface area contributed by atoms with E-state index in [4.69, 9.17) is 11.6 Å². The molecule has 4 heteroatoms. The monoisotopic (exact) mass is 289 g/mol. The zero-order chi connectivity index (χ0) is 13.8. The summed E-state index contributed by atoms with van der Waals surface area (Å²) in [7, 11) is 0. The van der Waals surface area contributed by atoms with E-state index in [1.165, 1.54) is 25.7 Å². The van der Waals surface area contributed by atoms with Gasteiger partial charge in [-0.15, -0.1) is 11.6 Å². The summed E-state index contributed by atoms with van der Waals surface area (Å²) in [5, 5.41) is 4.60. The van der Waals surface area contributed by atoms with E-state index in [-0.39, 0.29) is 0 Å². The van der Waals surface area contributed by atoms with Gasteiger partial charge in [0, 0.05) is 17.8 Å². The lowest BCUT2D eigenvalue weighted by Crippen LogP contribution is -2.27. The van der Waals surface area contributed by atoms with Crippen molar-refractivity contribution in [3.8, 4) is 0 Å². The Morgan fingerprint density at radius 1 is 1.10 bits per heavy atom. The molecule has 0 saturated heterocycles. The van der Waals surface area contributed by atoms with Crippen molar-refractivity contribution >= 4 is 28.3 Å². The summed E-state index contributed by atoms with van der Waals surface area (Å²) in [4.78, 5) is 8.68. The van der Waals surface area contributed by atoms with Gasteiger partial charge in [-0.05, 0) is 36.8 Å². The number of rotatable bonds is 4. The van der Waals surface area contributed by atoms with Crippen molar-refractivity contribution in [3.63, 3.8) is 0 Å². The highest BCUT2D eigenvalue weighted by atomic mass is 35.5. The molecule has 2 aromatic rings. The second-order valence-corrected chi connectivity index (χ2v) is 5.89. The number of halogens is 1. The average molecular weight is 290 g/mol. The zero-order valence-electron chi connectivity index (χ0n) is 11.6. The van der Waals surface area contributed by atoms with Gasteiger partial charge >= 0.3 is 0 Å². The van der Waals surface area contributed by atoms with Gasteiger partial charge in [0.15, 0.2) is 0 Å². The second-order valence-electron chi connectivity index (χ2n) is 5.58. The van der Waals surface area contributed by atoms with Gasteiger partial charge < -0.3 is 5.32 Å². The lowest BCUT2D eigenvalue weighted by atomic mass is 9.80. The number of nitrogens with zero attached hydrogens (tertiary/aromatic N) is 2. The van der Waals surface area contributed by atoms with Crippen molar-refractivity contribution in [1.82, 2.24) is 9.97 Å². The lowest BCUT2D eigenvalue weighted by Gasteiger charge is -2.30. The number of hydrogen-bond donors (Lipinski definition) is 1. The molecule has 2 unspecified atom stereocenters. The summed E-state index contributed by atoms with van der Waals surface area (Å²) >= 11 is 6.10. The Morgan fingerprint density at radius 3 is 2.75 bits per heavy atom. The first-order chi connectivity index (χ1) is 9.88. The third kappa shape index (κ3) is 2.88. The van der Waals surface area contributed by atoms with E-state index in [1.807, 2.05) is 18.2 Å². The first-order valence-electron chi connectivity index (χ1n) is 7.38. The van der Waals surface area contributed by atoms with Crippen LogP contribution in [0.3, 0.4) is 0 Å². The molecule has 1 heterocycles. The minimum atomic E-state index is 0.644. The molecule has 0 aliphatic heterocycles. The normalized spacial score (nSPS) is 22.9. The van der Waals surface area contributed by atoms with Gasteiger partial charge in [0.1, 0.15) is 12.1 Å². The molecule has 0 radical (unpaired) electrons. The Balaban J connectivity index is 1.73. The molecule has 1 saturated carbocycles. The van der Waals surface area contributed by atoms with Crippen LogP contribution >= 0.6 is 11.6 Å². The van der Waals surface area contributed by atoms with Gasteiger partial charge in [0.2, 0.25) is 0 Å². The predicted octanol–water partition coefficient (Wildman–Crippen LogP) is 4.09. The lowest BCUT2D eigenvalue weighted by molar-refractivity contribution is 0.272. The summed E-state index contributed by atoms with van der Waals surface area (Å²) in [6.07, 6.45) is 6.81. The van der Waals surface area contributed by atoms with E-state index >= 15 is 0 Å². The van der Waals surface area contributed by atoms with Crippen molar-refractivity contribution in [2.75, 3.05) is 17.7 Å². The third-order valence-corrected chi connectivity index (χ3v) is 4.74. The maximum atomic E-state index is 6.10. The molecule has 1 aliphatic carbocycles. The Hall–Kier alpha value is -1.35. The summed E-state index contributed by atoms with van der Waals surface area (Å²) in [6.45, 7) is 0.957.